The molecule has 20 heavy (non-hydrogen) atoms. The average Bonchev–Trinajstić information content (AvgIpc) is 2.44. The second kappa shape index (κ2) is 8.79. The van der Waals surface area contributed by atoms with Gasteiger partial charge in [-0.3, -0.25) is 4.79 Å². The molecule has 6 heteroatoms. The molecule has 0 saturated heterocycles. The van der Waals surface area contributed by atoms with Gasteiger partial charge in [-0.1, -0.05) is 32.9 Å². The van der Waals surface area contributed by atoms with Crippen LogP contribution in [0.2, 0.25) is 0 Å². The number of carbonyl (C=O) groups is 1. The second-order valence-electron chi connectivity index (χ2n) is 5.26. The molecule has 4 N–H and O–H groups in total. The first kappa shape index (κ1) is 18.7. The predicted molar refractivity (Wildman–Crippen MR) is 79.7 cm³/mol. The third kappa shape index (κ3) is 4.37. The Bertz CT molecular complexity index is 326. The Morgan fingerprint density at radius 3 is 2.25 bits per heavy atom. The lowest BCUT2D eigenvalue weighted by Crippen LogP contribution is -2.54. The lowest BCUT2D eigenvalue weighted by Gasteiger charge is -2.32. The molecular weight excluding hydrogens is 258 g/mol. The first-order chi connectivity index (χ1) is 9.39. The van der Waals surface area contributed by atoms with Gasteiger partial charge in [0.1, 0.15) is 5.41 Å². The summed E-state index contributed by atoms with van der Waals surface area (Å²) in [7, 11) is 0. The van der Waals surface area contributed by atoms with E-state index in [0.29, 0.717) is 26.1 Å². The molecule has 0 fully saturated rings. The molecule has 118 valence electrons. The Kier molecular flexibility index (Phi) is 8.22. The highest BCUT2D eigenvalue weighted by molar-refractivity contribution is 6.06. The molecule has 1 amide bonds. The van der Waals surface area contributed by atoms with Crippen LogP contribution in [-0.4, -0.2) is 36.2 Å². The van der Waals surface area contributed by atoms with Crippen LogP contribution < -0.4 is 11.1 Å². The fourth-order valence-electron chi connectivity index (χ4n) is 2.10. The number of nitrogens with zero attached hydrogens (tertiary/aromatic N) is 1. The van der Waals surface area contributed by atoms with Crippen molar-refractivity contribution < 1.29 is 14.7 Å². The maximum absolute atomic E-state index is 12.6. The summed E-state index contributed by atoms with van der Waals surface area (Å²) < 4.78 is 5.40. The summed E-state index contributed by atoms with van der Waals surface area (Å²) in [5.74, 6) is -0.0145. The minimum atomic E-state index is -0.964. The van der Waals surface area contributed by atoms with Crippen LogP contribution in [0.4, 0.5) is 0 Å². The lowest BCUT2D eigenvalue weighted by molar-refractivity contribution is -0.129. The average molecular weight is 287 g/mol. The number of ether oxygens (including phenoxy) is 1. The molecule has 0 saturated carbocycles. The second-order valence-corrected chi connectivity index (χ2v) is 5.26. The highest BCUT2D eigenvalue weighted by atomic mass is 16.5. The topological polar surface area (TPSA) is 96.9 Å². The Labute approximate surface area is 121 Å². The zero-order valence-corrected chi connectivity index (χ0v) is 13.3. The first-order valence-corrected chi connectivity index (χ1v) is 7.26. The van der Waals surface area contributed by atoms with Crippen LogP contribution in [0.25, 0.3) is 0 Å². The van der Waals surface area contributed by atoms with Gasteiger partial charge in [0.2, 0.25) is 5.91 Å². The van der Waals surface area contributed by atoms with E-state index in [4.69, 9.17) is 15.7 Å². The van der Waals surface area contributed by atoms with Crippen molar-refractivity contribution in [1.29, 1.82) is 0 Å². The van der Waals surface area contributed by atoms with Crippen molar-refractivity contribution in [2.45, 2.75) is 53.5 Å². The molecule has 0 aliphatic rings. The molecular formula is C14H29N3O3. The van der Waals surface area contributed by atoms with Gasteiger partial charge in [0.15, 0.2) is 5.84 Å². The van der Waals surface area contributed by atoms with Crippen molar-refractivity contribution >= 4 is 11.7 Å². The van der Waals surface area contributed by atoms with Gasteiger partial charge in [-0.25, -0.2) is 0 Å². The highest BCUT2D eigenvalue weighted by Crippen LogP contribution is 2.27. The van der Waals surface area contributed by atoms with E-state index >= 15 is 0 Å². The molecule has 0 aliphatic carbocycles. The highest BCUT2D eigenvalue weighted by Gasteiger charge is 2.40. The summed E-state index contributed by atoms with van der Waals surface area (Å²) in [6, 6.07) is -0.0913. The minimum absolute atomic E-state index is 0.0427. The third-order valence-electron chi connectivity index (χ3n) is 3.86. The van der Waals surface area contributed by atoms with Crippen molar-refractivity contribution in [3.63, 3.8) is 0 Å². The minimum Gasteiger partial charge on any atom is -0.409 e. The quantitative estimate of drug-likeness (QED) is 0.260. The number of amides is 1. The van der Waals surface area contributed by atoms with E-state index < -0.39 is 5.41 Å². The van der Waals surface area contributed by atoms with Gasteiger partial charge in [0.05, 0.1) is 12.6 Å². The van der Waals surface area contributed by atoms with Crippen molar-refractivity contribution in [2.24, 2.45) is 22.2 Å². The normalized spacial score (nSPS) is 14.4. The Hall–Kier alpha value is -1.30. The lowest BCUT2D eigenvalue weighted by atomic mass is 9.79. The summed E-state index contributed by atoms with van der Waals surface area (Å²) in [5, 5.41) is 14.9. The molecule has 0 rings (SSSR count). The molecule has 0 heterocycles. The first-order valence-electron chi connectivity index (χ1n) is 7.26. The van der Waals surface area contributed by atoms with Gasteiger partial charge in [-0.15, -0.1) is 0 Å². The number of carbonyl (C=O) groups excluding carboxylic acids is 1. The summed E-state index contributed by atoms with van der Waals surface area (Å²) in [6.07, 6.45) is 0.954. The van der Waals surface area contributed by atoms with E-state index in [1.165, 1.54) is 0 Å². The van der Waals surface area contributed by atoms with Crippen molar-refractivity contribution in [3.05, 3.63) is 0 Å². The monoisotopic (exact) mass is 287 g/mol. The molecule has 0 radical (unpaired) electrons. The number of amidine groups is 1. The van der Waals surface area contributed by atoms with E-state index in [-0.39, 0.29) is 23.7 Å². The number of hydrogen-bond acceptors (Lipinski definition) is 4. The van der Waals surface area contributed by atoms with Crippen LogP contribution in [0.15, 0.2) is 5.16 Å². The summed E-state index contributed by atoms with van der Waals surface area (Å²) in [5.41, 5.74) is 4.77. The molecule has 6 nitrogen and oxygen atoms in total. The third-order valence-corrected chi connectivity index (χ3v) is 3.86. The van der Waals surface area contributed by atoms with Crippen molar-refractivity contribution in [3.8, 4) is 0 Å². The Morgan fingerprint density at radius 1 is 1.35 bits per heavy atom. The molecule has 0 aliphatic heterocycles. The SMILES string of the molecule is CCOCC(NC(=O)C(CC)(CC)C(N)=NO)C(C)C. The van der Waals surface area contributed by atoms with Crippen LogP contribution in [-0.2, 0) is 9.53 Å². The fraction of sp³-hybridized carbons (Fsp3) is 0.857. The summed E-state index contributed by atoms with van der Waals surface area (Å²) >= 11 is 0. The van der Waals surface area contributed by atoms with Crippen LogP contribution in [0.3, 0.4) is 0 Å². The van der Waals surface area contributed by atoms with Gasteiger partial charge in [0, 0.05) is 6.61 Å². The molecule has 0 aromatic carbocycles. The van der Waals surface area contributed by atoms with E-state index in [2.05, 4.69) is 10.5 Å². The number of rotatable bonds is 9. The number of nitrogens with two attached hydrogens (primary N) is 1. The van der Waals surface area contributed by atoms with Crippen LogP contribution in [0.5, 0.6) is 0 Å². The maximum atomic E-state index is 12.6. The van der Waals surface area contributed by atoms with Crippen molar-refractivity contribution in [1.82, 2.24) is 5.32 Å². The molecule has 0 spiro atoms. The molecule has 1 atom stereocenters. The van der Waals surface area contributed by atoms with Crippen molar-refractivity contribution in [2.75, 3.05) is 13.2 Å². The zero-order valence-electron chi connectivity index (χ0n) is 13.3. The number of hydrogen-bond donors (Lipinski definition) is 3. The smallest absolute Gasteiger partial charge is 0.234 e. The van der Waals surface area contributed by atoms with Crippen LogP contribution in [0, 0.1) is 11.3 Å². The molecule has 0 aromatic rings. The fourth-order valence-corrected chi connectivity index (χ4v) is 2.10. The Morgan fingerprint density at radius 2 is 1.90 bits per heavy atom. The van der Waals surface area contributed by atoms with Gasteiger partial charge >= 0.3 is 0 Å². The maximum Gasteiger partial charge on any atom is 0.234 e. The summed E-state index contributed by atoms with van der Waals surface area (Å²) in [6.45, 7) is 10.7. The largest absolute Gasteiger partial charge is 0.409 e. The standard InChI is InChI=1S/C14H29N3O3/c1-6-14(7-2,12(15)17-19)13(18)16-11(10(4)5)9-20-8-3/h10-11,19H,6-9H2,1-5H3,(H2,15,17)(H,16,18). The van der Waals surface area contributed by atoms with E-state index in [1.54, 1.807) is 0 Å². The van der Waals surface area contributed by atoms with Crippen LogP contribution >= 0.6 is 0 Å². The molecule has 1 unspecified atom stereocenters. The summed E-state index contributed by atoms with van der Waals surface area (Å²) in [4.78, 5) is 12.6. The number of nitrogens with one attached hydrogen (secondary N) is 1. The van der Waals surface area contributed by atoms with Gasteiger partial charge in [0.25, 0.3) is 0 Å². The molecule has 0 aromatic heterocycles. The zero-order chi connectivity index (χ0) is 15.8. The Balaban J connectivity index is 5.07. The van der Waals surface area contributed by atoms with Gasteiger partial charge in [-0.2, -0.15) is 0 Å². The van der Waals surface area contributed by atoms with E-state index in [9.17, 15) is 4.79 Å². The van der Waals surface area contributed by atoms with Gasteiger partial charge < -0.3 is 21.0 Å². The van der Waals surface area contributed by atoms with E-state index in [1.807, 2.05) is 34.6 Å². The van der Waals surface area contributed by atoms with Crippen LogP contribution in [0.1, 0.15) is 47.5 Å². The van der Waals surface area contributed by atoms with E-state index in [0.717, 1.165) is 0 Å². The molecule has 0 bridgehead atoms. The number of oxime groups is 1. The predicted octanol–water partition coefficient (Wildman–Crippen LogP) is 1.72. The van der Waals surface area contributed by atoms with Gasteiger partial charge in [-0.05, 0) is 25.7 Å².